The van der Waals surface area contributed by atoms with Gasteiger partial charge in [0.2, 0.25) is 5.91 Å². The number of carbonyl (C=O) groups is 1. The fraction of sp³-hybridized carbons (Fsp3) is 0.455. The Morgan fingerprint density at radius 2 is 2.08 bits per heavy atom. The van der Waals surface area contributed by atoms with E-state index in [1.807, 2.05) is 12.3 Å². The number of amides is 1. The summed E-state index contributed by atoms with van der Waals surface area (Å²) in [7, 11) is 0. The Kier molecular flexibility index (Phi) is 5.19. The molecule has 0 radical (unpaired) electrons. The molecule has 0 bridgehead atoms. The van der Waals surface area contributed by atoms with Gasteiger partial charge in [-0.05, 0) is 44.1 Å². The largest absolute Gasteiger partial charge is 0.342 e. The fourth-order valence-corrected chi connectivity index (χ4v) is 4.27. The Morgan fingerprint density at radius 3 is 2.88 bits per heavy atom. The summed E-state index contributed by atoms with van der Waals surface area (Å²) < 4.78 is 0. The van der Waals surface area contributed by atoms with Crippen LogP contribution in [-0.2, 0) is 4.79 Å². The van der Waals surface area contributed by atoms with E-state index in [0.717, 1.165) is 38.8 Å². The molecule has 1 N–H and O–H groups in total. The van der Waals surface area contributed by atoms with Crippen molar-refractivity contribution in [1.82, 2.24) is 15.1 Å². The van der Waals surface area contributed by atoms with Crippen LogP contribution in [0, 0.1) is 0 Å². The number of hydrogen-bond donors (Lipinski definition) is 1. The zero-order chi connectivity index (χ0) is 17.8. The van der Waals surface area contributed by atoms with Crippen LogP contribution in [0.5, 0.6) is 0 Å². The Bertz CT molecular complexity index is 778. The van der Waals surface area contributed by atoms with Gasteiger partial charge in [0, 0.05) is 36.7 Å². The summed E-state index contributed by atoms with van der Waals surface area (Å²) >= 11 is 0. The first-order valence-electron chi connectivity index (χ1n) is 9.85. The summed E-state index contributed by atoms with van der Waals surface area (Å²) in [5.41, 5.74) is 4.87. The van der Waals surface area contributed by atoms with E-state index in [0.29, 0.717) is 18.2 Å². The number of likely N-dealkylation sites (tertiary alicyclic amines) is 1. The van der Waals surface area contributed by atoms with Crippen molar-refractivity contribution in [2.45, 2.75) is 50.9 Å². The average molecular weight is 349 g/mol. The monoisotopic (exact) mass is 349 g/mol. The standard InChI is InChI=1S/C22H27N3O/c26-21(14-17-8-3-1-4-9-17)25-13-7-12-19(16-25)22-20(15-23-24-22)18-10-5-2-6-11-18/h2,5-6,8,10-11,15,19H,1,3-4,7,9,12-14,16H2,(H,23,24). The van der Waals surface area contributed by atoms with E-state index in [4.69, 9.17) is 0 Å². The van der Waals surface area contributed by atoms with Gasteiger partial charge in [-0.3, -0.25) is 9.89 Å². The van der Waals surface area contributed by atoms with Crippen LogP contribution >= 0.6 is 0 Å². The Labute approximate surface area is 155 Å². The van der Waals surface area contributed by atoms with Gasteiger partial charge in [0.15, 0.2) is 0 Å². The van der Waals surface area contributed by atoms with Gasteiger partial charge < -0.3 is 4.90 Å². The molecule has 1 aliphatic carbocycles. The van der Waals surface area contributed by atoms with Crippen LogP contribution < -0.4 is 0 Å². The Morgan fingerprint density at radius 1 is 1.19 bits per heavy atom. The van der Waals surface area contributed by atoms with E-state index >= 15 is 0 Å². The molecule has 1 amide bonds. The fourth-order valence-electron chi connectivity index (χ4n) is 4.27. The van der Waals surface area contributed by atoms with E-state index in [1.165, 1.54) is 35.2 Å². The molecule has 26 heavy (non-hydrogen) atoms. The van der Waals surface area contributed by atoms with Crippen molar-refractivity contribution in [3.05, 3.63) is 53.9 Å². The molecule has 2 aromatic rings. The number of rotatable bonds is 4. The maximum Gasteiger partial charge on any atom is 0.226 e. The lowest BCUT2D eigenvalue weighted by atomic mass is 9.90. The first-order chi connectivity index (χ1) is 12.8. The molecule has 0 spiro atoms. The molecule has 1 unspecified atom stereocenters. The number of aromatic nitrogens is 2. The van der Waals surface area contributed by atoms with Crippen molar-refractivity contribution in [1.29, 1.82) is 0 Å². The van der Waals surface area contributed by atoms with E-state index in [2.05, 4.69) is 45.4 Å². The van der Waals surface area contributed by atoms with Crippen LogP contribution in [0.1, 0.15) is 56.6 Å². The Balaban J connectivity index is 1.47. The van der Waals surface area contributed by atoms with Crippen LogP contribution in [0.3, 0.4) is 0 Å². The Hall–Kier alpha value is -2.36. The lowest BCUT2D eigenvalue weighted by molar-refractivity contribution is -0.131. The highest BCUT2D eigenvalue weighted by Crippen LogP contribution is 2.33. The van der Waals surface area contributed by atoms with Gasteiger partial charge in [-0.15, -0.1) is 0 Å². The second kappa shape index (κ2) is 7.90. The van der Waals surface area contributed by atoms with Gasteiger partial charge in [0.05, 0.1) is 6.20 Å². The summed E-state index contributed by atoms with van der Waals surface area (Å²) in [5.74, 6) is 0.634. The van der Waals surface area contributed by atoms with Gasteiger partial charge in [-0.25, -0.2) is 0 Å². The summed E-state index contributed by atoms with van der Waals surface area (Å²) in [4.78, 5) is 14.9. The molecule has 136 valence electrons. The lowest BCUT2D eigenvalue weighted by Gasteiger charge is -2.33. The molecule has 1 saturated heterocycles. The molecule has 1 fully saturated rings. The smallest absolute Gasteiger partial charge is 0.226 e. The van der Waals surface area contributed by atoms with Crippen molar-refractivity contribution < 1.29 is 4.79 Å². The van der Waals surface area contributed by atoms with Crippen molar-refractivity contribution in [3.63, 3.8) is 0 Å². The molecular weight excluding hydrogens is 322 g/mol. The predicted octanol–water partition coefficient (Wildman–Crippen LogP) is 4.67. The number of allylic oxidation sites excluding steroid dienone is 1. The first-order valence-corrected chi connectivity index (χ1v) is 9.85. The van der Waals surface area contributed by atoms with Crippen molar-refractivity contribution in [2.24, 2.45) is 0 Å². The van der Waals surface area contributed by atoms with Gasteiger partial charge in [0.25, 0.3) is 0 Å². The summed E-state index contributed by atoms with van der Waals surface area (Å²) in [6.45, 7) is 1.69. The third-order valence-electron chi connectivity index (χ3n) is 5.70. The summed E-state index contributed by atoms with van der Waals surface area (Å²) in [6, 6.07) is 10.4. The number of benzene rings is 1. The zero-order valence-electron chi connectivity index (χ0n) is 15.3. The van der Waals surface area contributed by atoms with E-state index in [9.17, 15) is 4.79 Å². The second-order valence-corrected chi connectivity index (χ2v) is 7.53. The van der Waals surface area contributed by atoms with Gasteiger partial charge in [-0.1, -0.05) is 42.0 Å². The number of aromatic amines is 1. The minimum absolute atomic E-state index is 0.295. The van der Waals surface area contributed by atoms with Crippen LogP contribution in [-0.4, -0.2) is 34.1 Å². The number of nitrogens with zero attached hydrogens (tertiary/aromatic N) is 2. The normalized spacial score (nSPS) is 20.7. The second-order valence-electron chi connectivity index (χ2n) is 7.53. The highest BCUT2D eigenvalue weighted by molar-refractivity contribution is 5.79. The van der Waals surface area contributed by atoms with Crippen molar-refractivity contribution in [3.8, 4) is 11.1 Å². The predicted molar refractivity (Wildman–Crippen MR) is 104 cm³/mol. The molecule has 1 atom stereocenters. The highest BCUT2D eigenvalue weighted by Gasteiger charge is 2.28. The SMILES string of the molecule is O=C(CC1=CCCCC1)N1CCCC(c2[nH]ncc2-c2ccccc2)C1. The first kappa shape index (κ1) is 17.1. The van der Waals surface area contributed by atoms with Crippen molar-refractivity contribution >= 4 is 5.91 Å². The molecule has 4 nitrogen and oxygen atoms in total. The lowest BCUT2D eigenvalue weighted by Crippen LogP contribution is -2.39. The third kappa shape index (κ3) is 3.74. The van der Waals surface area contributed by atoms with E-state index in [-0.39, 0.29) is 0 Å². The average Bonchev–Trinajstić information content (AvgIpc) is 3.19. The quantitative estimate of drug-likeness (QED) is 0.815. The zero-order valence-corrected chi connectivity index (χ0v) is 15.3. The molecule has 2 heterocycles. The summed E-state index contributed by atoms with van der Waals surface area (Å²) in [6.07, 6.45) is 11.7. The maximum absolute atomic E-state index is 12.8. The highest BCUT2D eigenvalue weighted by atomic mass is 16.2. The molecule has 1 aliphatic heterocycles. The molecule has 1 aromatic carbocycles. The summed E-state index contributed by atoms with van der Waals surface area (Å²) in [5, 5.41) is 7.52. The van der Waals surface area contributed by atoms with Crippen LogP contribution in [0.25, 0.3) is 11.1 Å². The minimum atomic E-state index is 0.295. The molecular formula is C22H27N3O. The topological polar surface area (TPSA) is 49.0 Å². The number of piperidine rings is 1. The number of nitrogens with one attached hydrogen (secondary N) is 1. The van der Waals surface area contributed by atoms with Gasteiger partial charge in [0.1, 0.15) is 0 Å². The van der Waals surface area contributed by atoms with Crippen LogP contribution in [0.15, 0.2) is 48.2 Å². The van der Waals surface area contributed by atoms with E-state index in [1.54, 1.807) is 0 Å². The van der Waals surface area contributed by atoms with Gasteiger partial charge in [-0.2, -0.15) is 5.10 Å². The van der Waals surface area contributed by atoms with Gasteiger partial charge >= 0.3 is 0 Å². The third-order valence-corrected chi connectivity index (χ3v) is 5.70. The van der Waals surface area contributed by atoms with Crippen molar-refractivity contribution in [2.75, 3.05) is 13.1 Å². The van der Waals surface area contributed by atoms with Crippen LogP contribution in [0.4, 0.5) is 0 Å². The van der Waals surface area contributed by atoms with Crippen LogP contribution in [0.2, 0.25) is 0 Å². The molecule has 1 aromatic heterocycles. The molecule has 4 heteroatoms. The molecule has 4 rings (SSSR count). The molecule has 2 aliphatic rings. The minimum Gasteiger partial charge on any atom is -0.342 e. The van der Waals surface area contributed by atoms with E-state index < -0.39 is 0 Å². The molecule has 0 saturated carbocycles. The number of carbonyl (C=O) groups excluding carboxylic acids is 1. The number of H-pyrrole nitrogens is 1. The number of hydrogen-bond acceptors (Lipinski definition) is 2. The maximum atomic E-state index is 12.8.